The van der Waals surface area contributed by atoms with Crippen LogP contribution in [-0.2, 0) is 6.54 Å². The summed E-state index contributed by atoms with van der Waals surface area (Å²) < 4.78 is 15.7. The van der Waals surface area contributed by atoms with Crippen molar-refractivity contribution in [2.75, 3.05) is 11.9 Å². The molecule has 0 saturated carbocycles. The molecule has 0 radical (unpaired) electrons. The number of hydrogen-bond acceptors (Lipinski definition) is 4. The van der Waals surface area contributed by atoms with Gasteiger partial charge in [-0.2, -0.15) is 0 Å². The van der Waals surface area contributed by atoms with Crippen molar-refractivity contribution in [2.45, 2.75) is 33.4 Å². The van der Waals surface area contributed by atoms with Gasteiger partial charge in [0.1, 0.15) is 5.82 Å². The minimum atomic E-state index is -0.628. The van der Waals surface area contributed by atoms with Crippen LogP contribution in [0.2, 0.25) is 0 Å². The number of benzene rings is 1. The molecule has 2 rings (SSSR count). The van der Waals surface area contributed by atoms with Crippen LogP contribution in [0.5, 0.6) is 0 Å². The van der Waals surface area contributed by atoms with Crippen LogP contribution in [0, 0.1) is 11.7 Å². The molecule has 1 amide bonds. The summed E-state index contributed by atoms with van der Waals surface area (Å²) in [5, 5.41) is 7.97. The van der Waals surface area contributed by atoms with Crippen LogP contribution in [0.4, 0.5) is 10.3 Å². The molecule has 1 heterocycles. The number of amides is 1. The van der Waals surface area contributed by atoms with Gasteiger partial charge in [-0.1, -0.05) is 32.0 Å². The number of primary amides is 1. The van der Waals surface area contributed by atoms with Gasteiger partial charge in [0.2, 0.25) is 11.8 Å². The molecular formula is C16H22FN5O. The topological polar surface area (TPSA) is 77.0 Å². The summed E-state index contributed by atoms with van der Waals surface area (Å²) in [7, 11) is 1.79. The Morgan fingerprint density at radius 2 is 1.96 bits per heavy atom. The van der Waals surface area contributed by atoms with Gasteiger partial charge in [0.25, 0.3) is 5.91 Å². The number of halogens is 1. The van der Waals surface area contributed by atoms with Gasteiger partial charge in [0.05, 0.1) is 6.04 Å². The van der Waals surface area contributed by atoms with E-state index in [1.54, 1.807) is 34.7 Å². The third-order valence-corrected chi connectivity index (χ3v) is 3.75. The first kappa shape index (κ1) is 16.9. The fourth-order valence-corrected chi connectivity index (χ4v) is 2.47. The standard InChI is InChI=1S/C16H22FN5O/c1-10(2)9-22-15(14(18)23)19-20-16(22)21(4)11(3)12-7-5-6-8-13(12)17/h5-8,10-11H,9H2,1-4H3,(H2,18,23). The van der Waals surface area contributed by atoms with Crippen LogP contribution in [0.3, 0.4) is 0 Å². The van der Waals surface area contributed by atoms with Gasteiger partial charge >= 0.3 is 0 Å². The average molecular weight is 319 g/mol. The summed E-state index contributed by atoms with van der Waals surface area (Å²) in [6.45, 7) is 6.47. The van der Waals surface area contributed by atoms with Crippen molar-refractivity contribution >= 4 is 11.9 Å². The van der Waals surface area contributed by atoms with Crippen molar-refractivity contribution in [1.82, 2.24) is 14.8 Å². The quantitative estimate of drug-likeness (QED) is 0.887. The largest absolute Gasteiger partial charge is 0.363 e. The molecule has 0 fully saturated rings. The van der Waals surface area contributed by atoms with E-state index < -0.39 is 5.91 Å². The Labute approximate surface area is 135 Å². The van der Waals surface area contributed by atoms with E-state index in [2.05, 4.69) is 10.2 Å². The second-order valence-electron chi connectivity index (χ2n) is 6.00. The lowest BCUT2D eigenvalue weighted by Gasteiger charge is -2.27. The molecule has 1 aromatic carbocycles. The highest BCUT2D eigenvalue weighted by molar-refractivity contribution is 5.89. The van der Waals surface area contributed by atoms with E-state index in [1.165, 1.54) is 6.07 Å². The minimum Gasteiger partial charge on any atom is -0.363 e. The van der Waals surface area contributed by atoms with Gasteiger partial charge in [-0.15, -0.1) is 10.2 Å². The Kier molecular flexibility index (Phi) is 4.98. The molecule has 23 heavy (non-hydrogen) atoms. The number of carbonyl (C=O) groups excluding carboxylic acids is 1. The van der Waals surface area contributed by atoms with Crippen LogP contribution in [-0.4, -0.2) is 27.7 Å². The molecule has 1 aromatic heterocycles. The first-order valence-electron chi connectivity index (χ1n) is 7.53. The third kappa shape index (κ3) is 3.49. The summed E-state index contributed by atoms with van der Waals surface area (Å²) >= 11 is 0. The van der Waals surface area contributed by atoms with Crippen molar-refractivity contribution in [3.05, 3.63) is 41.5 Å². The van der Waals surface area contributed by atoms with Crippen LogP contribution >= 0.6 is 0 Å². The summed E-state index contributed by atoms with van der Waals surface area (Å²) in [6, 6.07) is 6.32. The van der Waals surface area contributed by atoms with Gasteiger partial charge in [0.15, 0.2) is 0 Å². The minimum absolute atomic E-state index is 0.112. The van der Waals surface area contributed by atoms with Crippen LogP contribution in [0.25, 0.3) is 0 Å². The summed E-state index contributed by atoms with van der Waals surface area (Å²) in [5.74, 6) is -0.0298. The number of carbonyl (C=O) groups is 1. The van der Waals surface area contributed by atoms with E-state index >= 15 is 0 Å². The lowest BCUT2D eigenvalue weighted by atomic mass is 10.1. The predicted molar refractivity (Wildman–Crippen MR) is 86.6 cm³/mol. The monoisotopic (exact) mass is 319 g/mol. The first-order valence-corrected chi connectivity index (χ1v) is 7.53. The highest BCUT2D eigenvalue weighted by Crippen LogP contribution is 2.26. The summed E-state index contributed by atoms with van der Waals surface area (Å²) in [4.78, 5) is 13.3. The molecule has 0 aliphatic rings. The van der Waals surface area contributed by atoms with Crippen molar-refractivity contribution in [3.8, 4) is 0 Å². The van der Waals surface area contributed by atoms with Gasteiger partial charge in [0, 0.05) is 19.2 Å². The smallest absolute Gasteiger partial charge is 0.286 e. The Bertz CT molecular complexity index is 698. The highest BCUT2D eigenvalue weighted by Gasteiger charge is 2.24. The zero-order valence-corrected chi connectivity index (χ0v) is 13.8. The number of nitrogens with zero attached hydrogens (tertiary/aromatic N) is 4. The molecular weight excluding hydrogens is 297 g/mol. The van der Waals surface area contributed by atoms with Gasteiger partial charge in [-0.25, -0.2) is 4.39 Å². The molecule has 0 aliphatic heterocycles. The lowest BCUT2D eigenvalue weighted by molar-refractivity contribution is 0.0985. The molecule has 2 N–H and O–H groups in total. The van der Waals surface area contributed by atoms with Crippen molar-refractivity contribution in [1.29, 1.82) is 0 Å². The summed E-state index contributed by atoms with van der Waals surface area (Å²) in [6.07, 6.45) is 0. The Morgan fingerprint density at radius 3 is 2.52 bits per heavy atom. The Balaban J connectivity index is 2.41. The van der Waals surface area contributed by atoms with Crippen molar-refractivity contribution < 1.29 is 9.18 Å². The maximum absolute atomic E-state index is 14.0. The molecule has 124 valence electrons. The van der Waals surface area contributed by atoms with Crippen LogP contribution in [0.15, 0.2) is 24.3 Å². The van der Waals surface area contributed by atoms with Gasteiger partial charge in [-0.05, 0) is 18.9 Å². The van der Waals surface area contributed by atoms with Crippen LogP contribution < -0.4 is 10.6 Å². The molecule has 0 saturated heterocycles. The number of nitrogens with two attached hydrogens (primary N) is 1. The number of rotatable bonds is 6. The lowest BCUT2D eigenvalue weighted by Crippen LogP contribution is -2.28. The summed E-state index contributed by atoms with van der Waals surface area (Å²) in [5.41, 5.74) is 5.92. The molecule has 7 heteroatoms. The van der Waals surface area contributed by atoms with E-state index in [-0.39, 0.29) is 23.6 Å². The molecule has 0 bridgehead atoms. The first-order chi connectivity index (χ1) is 10.8. The second kappa shape index (κ2) is 6.76. The van der Waals surface area contributed by atoms with Gasteiger partial charge < -0.3 is 10.6 Å². The van der Waals surface area contributed by atoms with E-state index in [0.717, 1.165) is 0 Å². The van der Waals surface area contributed by atoms with Crippen molar-refractivity contribution in [3.63, 3.8) is 0 Å². The predicted octanol–water partition coefficient (Wildman–Crippen LogP) is 2.37. The fraction of sp³-hybridized carbons (Fsp3) is 0.438. The number of aromatic nitrogens is 3. The van der Waals surface area contributed by atoms with E-state index in [9.17, 15) is 9.18 Å². The number of hydrogen-bond donors (Lipinski definition) is 1. The van der Waals surface area contributed by atoms with E-state index in [4.69, 9.17) is 5.73 Å². The average Bonchev–Trinajstić information content (AvgIpc) is 2.89. The van der Waals surface area contributed by atoms with Crippen LogP contribution in [0.1, 0.15) is 43.0 Å². The zero-order valence-electron chi connectivity index (χ0n) is 13.8. The molecule has 1 unspecified atom stereocenters. The Morgan fingerprint density at radius 1 is 1.30 bits per heavy atom. The number of anilines is 1. The Hall–Kier alpha value is -2.44. The molecule has 2 aromatic rings. The normalized spacial score (nSPS) is 12.4. The van der Waals surface area contributed by atoms with E-state index in [0.29, 0.717) is 18.1 Å². The molecule has 0 aliphatic carbocycles. The highest BCUT2D eigenvalue weighted by atomic mass is 19.1. The third-order valence-electron chi connectivity index (χ3n) is 3.75. The zero-order chi connectivity index (χ0) is 17.1. The fourth-order valence-electron chi connectivity index (χ4n) is 2.47. The SMILES string of the molecule is CC(C)Cn1c(C(N)=O)nnc1N(C)C(C)c1ccccc1F. The maximum Gasteiger partial charge on any atom is 0.286 e. The molecule has 6 nitrogen and oxygen atoms in total. The maximum atomic E-state index is 14.0. The van der Waals surface area contributed by atoms with Crippen molar-refractivity contribution in [2.24, 2.45) is 11.7 Å². The van der Waals surface area contributed by atoms with Gasteiger partial charge in [-0.3, -0.25) is 9.36 Å². The molecule has 0 spiro atoms. The molecule has 1 atom stereocenters. The van der Waals surface area contributed by atoms with E-state index in [1.807, 2.05) is 20.8 Å². The second-order valence-corrected chi connectivity index (χ2v) is 6.00.